The summed E-state index contributed by atoms with van der Waals surface area (Å²) in [6, 6.07) is 7.69. The monoisotopic (exact) mass is 303 g/mol. The number of carbonyl (C=O) groups is 2. The highest BCUT2D eigenvalue weighted by atomic mass is 16.2. The van der Waals surface area contributed by atoms with Crippen molar-refractivity contribution in [2.45, 2.75) is 26.2 Å². The zero-order chi connectivity index (χ0) is 16.1. The third-order valence-electron chi connectivity index (χ3n) is 4.06. The van der Waals surface area contributed by atoms with Gasteiger partial charge in [0.2, 0.25) is 11.8 Å². The van der Waals surface area contributed by atoms with E-state index in [0.717, 1.165) is 37.3 Å². The Morgan fingerprint density at radius 2 is 1.55 bits per heavy atom. The summed E-state index contributed by atoms with van der Waals surface area (Å²) in [5, 5.41) is 0. The molecule has 5 heteroatoms. The summed E-state index contributed by atoms with van der Waals surface area (Å²) in [6.45, 7) is 3.24. The van der Waals surface area contributed by atoms with Crippen molar-refractivity contribution < 1.29 is 9.59 Å². The molecule has 0 N–H and O–H groups in total. The maximum Gasteiger partial charge on any atom is 0.242 e. The van der Waals surface area contributed by atoms with Crippen molar-refractivity contribution in [2.75, 3.05) is 43.5 Å². The van der Waals surface area contributed by atoms with E-state index in [2.05, 4.69) is 0 Å². The third-order valence-corrected chi connectivity index (χ3v) is 4.06. The Balaban J connectivity index is 2.09. The molecule has 5 nitrogen and oxygen atoms in total. The van der Waals surface area contributed by atoms with Crippen LogP contribution in [-0.4, -0.2) is 50.4 Å². The van der Waals surface area contributed by atoms with Crippen molar-refractivity contribution in [1.29, 1.82) is 0 Å². The van der Waals surface area contributed by atoms with Gasteiger partial charge in [-0.2, -0.15) is 0 Å². The van der Waals surface area contributed by atoms with Crippen LogP contribution in [0.2, 0.25) is 0 Å². The number of likely N-dealkylation sites (tertiary alicyclic amines) is 1. The summed E-state index contributed by atoms with van der Waals surface area (Å²) in [4.78, 5) is 29.7. The summed E-state index contributed by atoms with van der Waals surface area (Å²) in [5.41, 5.74) is 1.83. The van der Waals surface area contributed by atoms with Crippen molar-refractivity contribution >= 4 is 23.2 Å². The summed E-state index contributed by atoms with van der Waals surface area (Å²) in [6.07, 6.45) is 3.30. The maximum atomic E-state index is 12.4. The first kappa shape index (κ1) is 16.3. The number of piperidine rings is 1. The van der Waals surface area contributed by atoms with Gasteiger partial charge in [0.1, 0.15) is 6.54 Å². The molecule has 1 fully saturated rings. The fourth-order valence-corrected chi connectivity index (χ4v) is 2.69. The van der Waals surface area contributed by atoms with E-state index in [4.69, 9.17) is 0 Å². The molecule has 1 aromatic rings. The van der Waals surface area contributed by atoms with Gasteiger partial charge in [-0.25, -0.2) is 0 Å². The number of hydrogen-bond acceptors (Lipinski definition) is 3. The van der Waals surface area contributed by atoms with Gasteiger partial charge < -0.3 is 14.7 Å². The van der Waals surface area contributed by atoms with Gasteiger partial charge in [-0.05, 0) is 43.5 Å². The molecule has 1 heterocycles. The summed E-state index contributed by atoms with van der Waals surface area (Å²) < 4.78 is 0. The van der Waals surface area contributed by atoms with Crippen LogP contribution in [0.15, 0.2) is 24.3 Å². The average Bonchev–Trinajstić information content (AvgIpc) is 2.53. The van der Waals surface area contributed by atoms with Gasteiger partial charge in [0.25, 0.3) is 0 Å². The number of nitrogens with zero attached hydrogens (tertiary/aromatic N) is 3. The van der Waals surface area contributed by atoms with Gasteiger partial charge in [0, 0.05) is 45.5 Å². The van der Waals surface area contributed by atoms with Crippen LogP contribution < -0.4 is 9.80 Å². The molecule has 0 saturated carbocycles. The second-order valence-corrected chi connectivity index (χ2v) is 5.96. The fourth-order valence-electron chi connectivity index (χ4n) is 2.69. The predicted molar refractivity (Wildman–Crippen MR) is 89.2 cm³/mol. The summed E-state index contributed by atoms with van der Waals surface area (Å²) in [7, 11) is 3.94. The molecule has 0 aromatic heterocycles. The Morgan fingerprint density at radius 1 is 1.00 bits per heavy atom. The quantitative estimate of drug-likeness (QED) is 0.856. The Hall–Kier alpha value is -2.04. The lowest BCUT2D eigenvalue weighted by Crippen LogP contribution is -2.44. The van der Waals surface area contributed by atoms with Gasteiger partial charge in [-0.15, -0.1) is 0 Å². The molecular weight excluding hydrogens is 278 g/mol. The van der Waals surface area contributed by atoms with Crippen molar-refractivity contribution in [2.24, 2.45) is 0 Å². The Bertz CT molecular complexity index is 519. The van der Waals surface area contributed by atoms with Crippen molar-refractivity contribution in [3.63, 3.8) is 0 Å². The van der Waals surface area contributed by atoms with Crippen LogP contribution in [0.3, 0.4) is 0 Å². The SMILES string of the molecule is CC(=O)N(CC(=O)N1CCCCC1)c1ccc(N(C)C)cc1. The minimum atomic E-state index is -0.108. The molecule has 2 amide bonds. The van der Waals surface area contributed by atoms with E-state index < -0.39 is 0 Å². The number of hydrogen-bond donors (Lipinski definition) is 0. The highest BCUT2D eigenvalue weighted by Gasteiger charge is 2.21. The second-order valence-electron chi connectivity index (χ2n) is 5.96. The molecule has 0 spiro atoms. The maximum absolute atomic E-state index is 12.4. The van der Waals surface area contributed by atoms with Crippen molar-refractivity contribution in [1.82, 2.24) is 4.90 Å². The predicted octanol–water partition coefficient (Wildman–Crippen LogP) is 2.12. The minimum Gasteiger partial charge on any atom is -0.378 e. The van der Waals surface area contributed by atoms with Gasteiger partial charge in [0.15, 0.2) is 0 Å². The van der Waals surface area contributed by atoms with Crippen LogP contribution in [0.4, 0.5) is 11.4 Å². The Kier molecular flexibility index (Phi) is 5.41. The molecule has 0 aliphatic carbocycles. The smallest absolute Gasteiger partial charge is 0.242 e. The minimum absolute atomic E-state index is 0.0339. The fraction of sp³-hybridized carbons (Fsp3) is 0.529. The van der Waals surface area contributed by atoms with Crippen molar-refractivity contribution in [3.05, 3.63) is 24.3 Å². The van der Waals surface area contributed by atoms with Gasteiger partial charge in [-0.3, -0.25) is 9.59 Å². The number of rotatable bonds is 4. The summed E-state index contributed by atoms with van der Waals surface area (Å²) >= 11 is 0. The molecule has 0 unspecified atom stereocenters. The van der Waals surface area contributed by atoms with E-state index in [9.17, 15) is 9.59 Å². The lowest BCUT2D eigenvalue weighted by atomic mass is 10.1. The molecular formula is C17H25N3O2. The van der Waals surface area contributed by atoms with Crippen molar-refractivity contribution in [3.8, 4) is 0 Å². The topological polar surface area (TPSA) is 43.9 Å². The van der Waals surface area contributed by atoms with Crippen LogP contribution >= 0.6 is 0 Å². The molecule has 2 rings (SSSR count). The largest absolute Gasteiger partial charge is 0.378 e. The second kappa shape index (κ2) is 7.29. The van der Waals surface area contributed by atoms with Crippen LogP contribution in [-0.2, 0) is 9.59 Å². The normalized spacial score (nSPS) is 14.6. The molecule has 0 radical (unpaired) electrons. The zero-order valence-corrected chi connectivity index (χ0v) is 13.7. The molecule has 120 valence electrons. The van der Waals surface area contributed by atoms with Gasteiger partial charge >= 0.3 is 0 Å². The van der Waals surface area contributed by atoms with E-state index in [1.807, 2.05) is 48.2 Å². The number of benzene rings is 1. The standard InChI is InChI=1S/C17H25N3O2/c1-14(21)20(13-17(22)19-11-5-4-6-12-19)16-9-7-15(8-10-16)18(2)3/h7-10H,4-6,11-13H2,1-3H3. The molecule has 22 heavy (non-hydrogen) atoms. The number of anilines is 2. The number of carbonyl (C=O) groups excluding carboxylic acids is 2. The molecule has 1 aliphatic rings. The molecule has 1 aromatic carbocycles. The van der Waals surface area contributed by atoms with Crippen LogP contribution in [0.25, 0.3) is 0 Å². The van der Waals surface area contributed by atoms with Crippen LogP contribution in [0, 0.1) is 0 Å². The van der Waals surface area contributed by atoms with Crippen LogP contribution in [0.1, 0.15) is 26.2 Å². The molecule has 1 saturated heterocycles. The highest BCUT2D eigenvalue weighted by molar-refractivity contribution is 5.97. The molecule has 1 aliphatic heterocycles. The van der Waals surface area contributed by atoms with Crippen LogP contribution in [0.5, 0.6) is 0 Å². The average molecular weight is 303 g/mol. The first-order valence-corrected chi connectivity index (χ1v) is 7.82. The van der Waals surface area contributed by atoms with E-state index in [1.165, 1.54) is 13.3 Å². The molecule has 0 atom stereocenters. The summed E-state index contributed by atoms with van der Waals surface area (Å²) in [5.74, 6) is -0.0745. The lowest BCUT2D eigenvalue weighted by Gasteiger charge is -2.29. The van der Waals surface area contributed by atoms with Gasteiger partial charge in [0.05, 0.1) is 0 Å². The van der Waals surface area contributed by atoms with E-state index in [-0.39, 0.29) is 18.4 Å². The van der Waals surface area contributed by atoms with E-state index in [0.29, 0.717) is 0 Å². The third kappa shape index (κ3) is 4.00. The Labute approximate surface area is 132 Å². The number of amides is 2. The Morgan fingerprint density at radius 3 is 2.05 bits per heavy atom. The first-order chi connectivity index (χ1) is 10.5. The van der Waals surface area contributed by atoms with E-state index in [1.54, 1.807) is 4.90 Å². The van der Waals surface area contributed by atoms with Gasteiger partial charge in [-0.1, -0.05) is 0 Å². The lowest BCUT2D eigenvalue weighted by molar-refractivity contribution is -0.132. The molecule has 0 bridgehead atoms. The zero-order valence-electron chi connectivity index (χ0n) is 13.7. The highest BCUT2D eigenvalue weighted by Crippen LogP contribution is 2.20. The van der Waals surface area contributed by atoms with E-state index >= 15 is 0 Å². The first-order valence-electron chi connectivity index (χ1n) is 7.82.